The number of nitrogens with one attached hydrogen (secondary N) is 3. The van der Waals surface area contributed by atoms with Crippen molar-refractivity contribution in [1.82, 2.24) is 19.5 Å². The Labute approximate surface area is 235 Å². The monoisotopic (exact) mass is 578 g/mol. The van der Waals surface area contributed by atoms with Gasteiger partial charge in [0.25, 0.3) is 0 Å². The van der Waals surface area contributed by atoms with E-state index in [-0.39, 0.29) is 34.6 Å². The fourth-order valence-electron chi connectivity index (χ4n) is 4.39. The quantitative estimate of drug-likeness (QED) is 0.148. The van der Waals surface area contributed by atoms with Crippen LogP contribution in [-0.4, -0.2) is 44.4 Å². The first-order valence-electron chi connectivity index (χ1n) is 12.5. The maximum atomic E-state index is 14.7. The lowest BCUT2D eigenvalue weighted by Crippen LogP contribution is -2.50. The molecule has 210 valence electrons. The zero-order valence-corrected chi connectivity index (χ0v) is 22.4. The summed E-state index contributed by atoms with van der Waals surface area (Å²) in [5, 5.41) is 4.76. The number of fused-ring (bicyclic) bond motifs is 1. The van der Waals surface area contributed by atoms with Crippen LogP contribution in [0.4, 0.5) is 20.3 Å². The summed E-state index contributed by atoms with van der Waals surface area (Å²) in [6.45, 7) is 2.68. The highest BCUT2D eigenvalue weighted by molar-refractivity contribution is 7.90. The van der Waals surface area contributed by atoms with Crippen molar-refractivity contribution in [2.45, 2.75) is 13.0 Å². The number of carbonyl (C=O) groups excluding carboxylic acids is 1. The number of para-hydroxylation sites is 1. The molecule has 6 rings (SSSR count). The maximum Gasteiger partial charge on any atom is 0.214 e. The Morgan fingerprint density at radius 2 is 1.98 bits per heavy atom. The molecule has 3 heterocycles. The summed E-state index contributed by atoms with van der Waals surface area (Å²) >= 11 is -1.72. The molecule has 0 bridgehead atoms. The first kappa shape index (κ1) is 26.8. The number of ketones is 1. The Hall–Kier alpha value is -4.43. The number of nitrogen functional groups attached to an aromatic ring is 1. The van der Waals surface area contributed by atoms with E-state index in [9.17, 15) is 18.1 Å². The van der Waals surface area contributed by atoms with Crippen LogP contribution in [0.2, 0.25) is 0 Å². The summed E-state index contributed by atoms with van der Waals surface area (Å²) < 4.78 is 58.4. The van der Waals surface area contributed by atoms with Crippen LogP contribution in [0, 0.1) is 18.6 Å². The molecule has 13 heteroatoms. The van der Waals surface area contributed by atoms with E-state index >= 15 is 0 Å². The van der Waals surface area contributed by atoms with Crippen molar-refractivity contribution >= 4 is 39.7 Å². The average molecular weight is 579 g/mol. The van der Waals surface area contributed by atoms with Crippen LogP contribution in [-0.2, 0) is 16.3 Å². The number of halogens is 2. The summed E-state index contributed by atoms with van der Waals surface area (Å²) in [7, 11) is 0. The molecule has 3 aromatic carbocycles. The third-order valence-corrected chi connectivity index (χ3v) is 7.53. The van der Waals surface area contributed by atoms with E-state index in [0.717, 1.165) is 5.56 Å². The topological polar surface area (TPSA) is 142 Å². The van der Waals surface area contributed by atoms with Crippen LogP contribution < -0.4 is 19.9 Å². The lowest BCUT2D eigenvalue weighted by atomic mass is 10.1. The number of anilines is 2. The molecule has 1 saturated heterocycles. The van der Waals surface area contributed by atoms with E-state index in [1.54, 1.807) is 30.3 Å². The van der Waals surface area contributed by atoms with Crippen LogP contribution in [0.1, 0.15) is 21.6 Å². The number of aryl methyl sites for hydroxylation is 1. The highest BCUT2D eigenvalue weighted by Crippen LogP contribution is 2.30. The van der Waals surface area contributed by atoms with Crippen LogP contribution in [0.25, 0.3) is 16.6 Å². The van der Waals surface area contributed by atoms with Gasteiger partial charge in [-0.15, -0.1) is 4.72 Å². The van der Waals surface area contributed by atoms with Gasteiger partial charge in [-0.1, -0.05) is 12.1 Å². The SMILES string of the molecule is Cc1cc(Oc2ccccc2F)ccc1-n1ncc(C(=O)c2cc3cc(F)c(N[S+]([O-])NC4COC4)cc3[nH]2)c1N. The highest BCUT2D eigenvalue weighted by Gasteiger charge is 2.25. The molecule has 2 aromatic heterocycles. The van der Waals surface area contributed by atoms with Crippen molar-refractivity contribution in [3.63, 3.8) is 0 Å². The number of rotatable bonds is 9. The fourth-order valence-corrected chi connectivity index (χ4v) is 5.25. The number of carbonyl (C=O) groups is 1. The van der Waals surface area contributed by atoms with Gasteiger partial charge in [-0.3, -0.25) is 4.79 Å². The molecule has 41 heavy (non-hydrogen) atoms. The number of ether oxygens (including phenoxy) is 2. The van der Waals surface area contributed by atoms with E-state index in [0.29, 0.717) is 35.6 Å². The second-order valence-corrected chi connectivity index (χ2v) is 10.5. The minimum atomic E-state index is -1.72. The molecule has 1 unspecified atom stereocenters. The predicted octanol–water partition coefficient (Wildman–Crippen LogP) is 4.52. The van der Waals surface area contributed by atoms with Gasteiger partial charge in [-0.25, -0.2) is 13.5 Å². The molecule has 1 aliphatic rings. The maximum absolute atomic E-state index is 14.7. The van der Waals surface area contributed by atoms with Gasteiger partial charge in [0.1, 0.15) is 23.3 Å². The zero-order valence-electron chi connectivity index (χ0n) is 21.6. The van der Waals surface area contributed by atoms with Crippen molar-refractivity contribution in [3.05, 3.63) is 95.3 Å². The minimum Gasteiger partial charge on any atom is -0.574 e. The van der Waals surface area contributed by atoms with Crippen LogP contribution in [0.5, 0.6) is 11.5 Å². The average Bonchev–Trinajstić information content (AvgIpc) is 3.50. The van der Waals surface area contributed by atoms with E-state index in [2.05, 4.69) is 19.5 Å². The number of benzene rings is 3. The van der Waals surface area contributed by atoms with Gasteiger partial charge in [0.05, 0.1) is 36.4 Å². The van der Waals surface area contributed by atoms with Crippen molar-refractivity contribution < 1.29 is 27.6 Å². The minimum absolute atomic E-state index is 0.00895. The summed E-state index contributed by atoms with van der Waals surface area (Å²) in [5.41, 5.74) is 8.48. The smallest absolute Gasteiger partial charge is 0.214 e. The normalized spacial score (nSPS) is 14.1. The predicted molar refractivity (Wildman–Crippen MR) is 150 cm³/mol. The molecule has 0 saturated carbocycles. The number of H-pyrrole nitrogens is 1. The summed E-state index contributed by atoms with van der Waals surface area (Å²) in [5.74, 6) is -0.912. The van der Waals surface area contributed by atoms with Gasteiger partial charge in [-0.2, -0.15) is 9.82 Å². The van der Waals surface area contributed by atoms with Crippen molar-refractivity contribution in [3.8, 4) is 17.2 Å². The van der Waals surface area contributed by atoms with Gasteiger partial charge in [0, 0.05) is 10.9 Å². The lowest BCUT2D eigenvalue weighted by molar-refractivity contribution is 0.00490. The lowest BCUT2D eigenvalue weighted by Gasteiger charge is -2.26. The first-order chi connectivity index (χ1) is 19.8. The van der Waals surface area contributed by atoms with Gasteiger partial charge in [0.15, 0.2) is 28.9 Å². The molecule has 1 fully saturated rings. The van der Waals surface area contributed by atoms with Gasteiger partial charge in [0.2, 0.25) is 5.78 Å². The molecule has 0 radical (unpaired) electrons. The molecule has 1 aliphatic heterocycles. The molecule has 5 aromatic rings. The van der Waals surface area contributed by atoms with Crippen LogP contribution in [0.3, 0.4) is 0 Å². The Morgan fingerprint density at radius 1 is 1.17 bits per heavy atom. The number of hydrogen-bond acceptors (Lipinski definition) is 8. The number of aromatic amines is 1. The van der Waals surface area contributed by atoms with Gasteiger partial charge >= 0.3 is 0 Å². The number of hydrogen-bond donors (Lipinski definition) is 4. The van der Waals surface area contributed by atoms with Crippen molar-refractivity contribution in [1.29, 1.82) is 0 Å². The standard InChI is InChI=1S/C28H24F2N6O4S/c1-15-8-18(40-26-5-3-2-4-20(26)29)6-7-25(15)36-28(31)19(12-32-36)27(37)24-10-16-9-21(30)23(11-22(16)33-24)35-41(38)34-17-13-39-14-17/h2-12,17,33-35H,13-14,31H2,1H3. The Balaban J connectivity index is 1.22. The third-order valence-electron chi connectivity index (χ3n) is 6.58. The second-order valence-electron chi connectivity index (χ2n) is 9.49. The van der Waals surface area contributed by atoms with Crippen molar-refractivity contribution in [2.75, 3.05) is 23.7 Å². The van der Waals surface area contributed by atoms with E-state index in [1.165, 1.54) is 41.2 Å². The number of nitrogens with zero attached hydrogens (tertiary/aromatic N) is 2. The largest absolute Gasteiger partial charge is 0.574 e. The zero-order chi connectivity index (χ0) is 28.7. The molecular formula is C28H24F2N6O4S. The second kappa shape index (κ2) is 10.9. The summed E-state index contributed by atoms with van der Waals surface area (Å²) in [6.07, 6.45) is 1.36. The first-order valence-corrected chi connectivity index (χ1v) is 13.7. The summed E-state index contributed by atoms with van der Waals surface area (Å²) in [4.78, 5) is 16.3. The Bertz CT molecular complexity index is 1770. The molecule has 5 N–H and O–H groups in total. The van der Waals surface area contributed by atoms with Crippen LogP contribution >= 0.6 is 0 Å². The van der Waals surface area contributed by atoms with Gasteiger partial charge < -0.3 is 24.7 Å². The Morgan fingerprint density at radius 3 is 2.71 bits per heavy atom. The van der Waals surface area contributed by atoms with E-state index < -0.39 is 29.0 Å². The molecule has 10 nitrogen and oxygen atoms in total. The Kier molecular flexibility index (Phi) is 7.09. The fraction of sp³-hybridized carbons (Fsp3) is 0.143. The molecular weight excluding hydrogens is 554 g/mol. The molecule has 1 atom stereocenters. The number of aromatic nitrogens is 3. The highest BCUT2D eigenvalue weighted by atomic mass is 32.2. The van der Waals surface area contributed by atoms with Crippen molar-refractivity contribution in [2.24, 2.45) is 0 Å². The van der Waals surface area contributed by atoms with E-state index in [4.69, 9.17) is 15.2 Å². The van der Waals surface area contributed by atoms with E-state index in [1.807, 2.05) is 6.92 Å². The van der Waals surface area contributed by atoms with Crippen LogP contribution in [0.15, 0.2) is 66.9 Å². The van der Waals surface area contributed by atoms with Gasteiger partial charge in [-0.05, 0) is 61.0 Å². The molecule has 0 amide bonds. The molecule has 0 spiro atoms. The summed E-state index contributed by atoms with van der Waals surface area (Å²) in [6, 6.07) is 15.3. The number of nitrogens with two attached hydrogens (primary N) is 1. The molecule has 0 aliphatic carbocycles. The third kappa shape index (κ3) is 5.35.